The molecule has 2 aromatic heterocycles. The first-order valence-corrected chi connectivity index (χ1v) is 9.18. The highest BCUT2D eigenvalue weighted by Gasteiger charge is 2.19. The van der Waals surface area contributed by atoms with Crippen molar-refractivity contribution in [3.8, 4) is 0 Å². The number of carbonyl (C=O) groups is 1. The third-order valence-electron chi connectivity index (χ3n) is 4.18. The van der Waals surface area contributed by atoms with E-state index in [1.165, 1.54) is 5.56 Å². The number of fused-ring (bicyclic) bond motifs is 1. The molecule has 0 radical (unpaired) electrons. The number of rotatable bonds is 4. The summed E-state index contributed by atoms with van der Waals surface area (Å²) in [4.78, 5) is 21.2. The lowest BCUT2D eigenvalue weighted by atomic mass is 10.2. The fourth-order valence-electron chi connectivity index (χ4n) is 2.89. The van der Waals surface area contributed by atoms with Crippen LogP contribution in [0.4, 0.5) is 0 Å². The summed E-state index contributed by atoms with van der Waals surface area (Å²) in [5.41, 5.74) is 3.31. The zero-order chi connectivity index (χ0) is 16.4. The standard InChI is InChI=1S/C18H18N4OS/c23-18(21-15-6-7-24-11-15)14-8-16-17(19-9-14)22(12-20-16)10-13-4-2-1-3-5-13/h1-5,8-9,12,15H,6-7,10-11H2,(H,21,23). The predicted octanol–water partition coefficient (Wildman–Crippen LogP) is 2.71. The summed E-state index contributed by atoms with van der Waals surface area (Å²) in [5, 5.41) is 3.07. The molecular weight excluding hydrogens is 320 g/mol. The number of imidazole rings is 1. The highest BCUT2D eigenvalue weighted by Crippen LogP contribution is 2.18. The van der Waals surface area contributed by atoms with Crippen molar-refractivity contribution in [1.82, 2.24) is 19.9 Å². The normalized spacial score (nSPS) is 17.2. The number of amides is 1. The predicted molar refractivity (Wildman–Crippen MR) is 96.3 cm³/mol. The molecule has 1 aliphatic heterocycles. The van der Waals surface area contributed by atoms with Gasteiger partial charge in [-0.25, -0.2) is 9.97 Å². The Morgan fingerprint density at radius 1 is 1.29 bits per heavy atom. The first kappa shape index (κ1) is 15.2. The molecule has 1 fully saturated rings. The first-order chi connectivity index (χ1) is 11.8. The van der Waals surface area contributed by atoms with Crippen molar-refractivity contribution in [3.05, 3.63) is 60.0 Å². The van der Waals surface area contributed by atoms with Crippen LogP contribution in [-0.4, -0.2) is 38.0 Å². The van der Waals surface area contributed by atoms with Crippen LogP contribution in [0.1, 0.15) is 22.3 Å². The van der Waals surface area contributed by atoms with Gasteiger partial charge in [-0.05, 0) is 23.8 Å². The van der Waals surface area contributed by atoms with E-state index >= 15 is 0 Å². The van der Waals surface area contributed by atoms with Gasteiger partial charge in [-0.2, -0.15) is 11.8 Å². The van der Waals surface area contributed by atoms with Crippen molar-refractivity contribution >= 4 is 28.8 Å². The molecule has 24 heavy (non-hydrogen) atoms. The molecule has 1 unspecified atom stereocenters. The van der Waals surface area contributed by atoms with Crippen molar-refractivity contribution in [1.29, 1.82) is 0 Å². The Balaban J connectivity index is 1.55. The topological polar surface area (TPSA) is 59.8 Å². The van der Waals surface area contributed by atoms with Gasteiger partial charge < -0.3 is 9.88 Å². The van der Waals surface area contributed by atoms with E-state index in [9.17, 15) is 4.79 Å². The van der Waals surface area contributed by atoms with Gasteiger partial charge in [0, 0.05) is 18.0 Å². The smallest absolute Gasteiger partial charge is 0.253 e. The number of thioether (sulfide) groups is 1. The minimum Gasteiger partial charge on any atom is -0.348 e. The van der Waals surface area contributed by atoms with Crippen LogP contribution in [0, 0.1) is 0 Å². The minimum atomic E-state index is -0.0606. The molecule has 1 N–H and O–H groups in total. The van der Waals surface area contributed by atoms with E-state index in [1.807, 2.05) is 40.6 Å². The monoisotopic (exact) mass is 338 g/mol. The van der Waals surface area contributed by atoms with E-state index in [0.29, 0.717) is 5.56 Å². The van der Waals surface area contributed by atoms with E-state index in [4.69, 9.17) is 0 Å². The Bertz CT molecular complexity index is 856. The van der Waals surface area contributed by atoms with E-state index in [0.717, 1.165) is 35.6 Å². The summed E-state index contributed by atoms with van der Waals surface area (Å²) >= 11 is 1.88. The van der Waals surface area contributed by atoms with Gasteiger partial charge in [0.05, 0.1) is 18.4 Å². The second-order valence-electron chi connectivity index (χ2n) is 5.96. The number of hydrogen-bond acceptors (Lipinski definition) is 4. The zero-order valence-electron chi connectivity index (χ0n) is 13.2. The molecule has 6 heteroatoms. The van der Waals surface area contributed by atoms with E-state index in [-0.39, 0.29) is 11.9 Å². The zero-order valence-corrected chi connectivity index (χ0v) is 14.0. The number of nitrogens with zero attached hydrogens (tertiary/aromatic N) is 3. The third kappa shape index (κ3) is 3.14. The molecule has 4 rings (SSSR count). The van der Waals surface area contributed by atoms with Gasteiger partial charge in [-0.3, -0.25) is 4.79 Å². The van der Waals surface area contributed by atoms with Crippen LogP contribution in [0.15, 0.2) is 48.9 Å². The van der Waals surface area contributed by atoms with Gasteiger partial charge in [0.2, 0.25) is 0 Å². The Morgan fingerprint density at radius 3 is 2.96 bits per heavy atom. The number of benzene rings is 1. The van der Waals surface area contributed by atoms with Gasteiger partial charge in [0.25, 0.3) is 5.91 Å². The average molecular weight is 338 g/mol. The van der Waals surface area contributed by atoms with E-state index in [1.54, 1.807) is 12.5 Å². The SMILES string of the molecule is O=C(NC1CCSC1)c1cnc2c(c1)ncn2Cc1ccccc1. The van der Waals surface area contributed by atoms with Crippen molar-refractivity contribution in [3.63, 3.8) is 0 Å². The van der Waals surface area contributed by atoms with Crippen LogP contribution < -0.4 is 5.32 Å². The molecule has 1 amide bonds. The van der Waals surface area contributed by atoms with Crippen LogP contribution >= 0.6 is 11.8 Å². The summed E-state index contributed by atoms with van der Waals surface area (Å²) in [5.74, 6) is 2.05. The summed E-state index contributed by atoms with van der Waals surface area (Å²) in [7, 11) is 0. The number of nitrogens with one attached hydrogen (secondary N) is 1. The quantitative estimate of drug-likeness (QED) is 0.795. The molecule has 3 aromatic rings. The molecule has 0 bridgehead atoms. The van der Waals surface area contributed by atoms with Crippen molar-refractivity contribution in [2.45, 2.75) is 19.0 Å². The van der Waals surface area contributed by atoms with Crippen molar-refractivity contribution in [2.24, 2.45) is 0 Å². The number of carbonyl (C=O) groups excluding carboxylic acids is 1. The Labute approximate surface area is 144 Å². The molecule has 3 heterocycles. The highest BCUT2D eigenvalue weighted by molar-refractivity contribution is 7.99. The second-order valence-corrected chi connectivity index (χ2v) is 7.11. The Hall–Kier alpha value is -2.34. The number of pyridine rings is 1. The van der Waals surface area contributed by atoms with Gasteiger partial charge >= 0.3 is 0 Å². The maximum Gasteiger partial charge on any atom is 0.253 e. The molecule has 0 saturated carbocycles. The Kier molecular flexibility index (Phi) is 4.21. The van der Waals surface area contributed by atoms with Crippen LogP contribution in [0.2, 0.25) is 0 Å². The van der Waals surface area contributed by atoms with Crippen molar-refractivity contribution < 1.29 is 4.79 Å². The second kappa shape index (κ2) is 6.65. The molecule has 1 aromatic carbocycles. The third-order valence-corrected chi connectivity index (χ3v) is 5.34. The maximum absolute atomic E-state index is 12.3. The molecule has 1 atom stereocenters. The van der Waals surface area contributed by atoms with Gasteiger partial charge in [-0.15, -0.1) is 0 Å². The molecular formula is C18H18N4OS. The summed E-state index contributed by atoms with van der Waals surface area (Å²) < 4.78 is 2.00. The molecule has 5 nitrogen and oxygen atoms in total. The van der Waals surface area contributed by atoms with Crippen LogP contribution in [0.25, 0.3) is 11.2 Å². The molecule has 122 valence electrons. The van der Waals surface area contributed by atoms with Crippen molar-refractivity contribution in [2.75, 3.05) is 11.5 Å². The molecule has 0 aliphatic carbocycles. The average Bonchev–Trinajstić information content (AvgIpc) is 3.25. The minimum absolute atomic E-state index is 0.0606. The van der Waals surface area contributed by atoms with E-state index in [2.05, 4.69) is 27.4 Å². The van der Waals surface area contributed by atoms with Crippen LogP contribution in [0.5, 0.6) is 0 Å². The number of hydrogen-bond donors (Lipinski definition) is 1. The summed E-state index contributed by atoms with van der Waals surface area (Å²) in [6.07, 6.45) is 4.46. The van der Waals surface area contributed by atoms with Gasteiger partial charge in [0.1, 0.15) is 5.52 Å². The lowest BCUT2D eigenvalue weighted by molar-refractivity contribution is 0.0941. The highest BCUT2D eigenvalue weighted by atomic mass is 32.2. The largest absolute Gasteiger partial charge is 0.348 e. The lowest BCUT2D eigenvalue weighted by Gasteiger charge is -2.11. The molecule has 0 spiro atoms. The lowest BCUT2D eigenvalue weighted by Crippen LogP contribution is -2.34. The van der Waals surface area contributed by atoms with E-state index < -0.39 is 0 Å². The van der Waals surface area contributed by atoms with Crippen LogP contribution in [0.3, 0.4) is 0 Å². The fourth-order valence-corrected chi connectivity index (χ4v) is 4.04. The Morgan fingerprint density at radius 2 is 2.17 bits per heavy atom. The summed E-state index contributed by atoms with van der Waals surface area (Å²) in [6.45, 7) is 0.717. The molecule has 1 aliphatic rings. The van der Waals surface area contributed by atoms with Gasteiger partial charge in [0.15, 0.2) is 5.65 Å². The fraction of sp³-hybridized carbons (Fsp3) is 0.278. The maximum atomic E-state index is 12.3. The molecule has 1 saturated heterocycles. The van der Waals surface area contributed by atoms with Gasteiger partial charge in [-0.1, -0.05) is 30.3 Å². The number of aromatic nitrogens is 3. The summed E-state index contributed by atoms with van der Waals surface area (Å²) in [6, 6.07) is 12.3. The first-order valence-electron chi connectivity index (χ1n) is 8.03. The van der Waals surface area contributed by atoms with Crippen LogP contribution in [-0.2, 0) is 6.54 Å².